The van der Waals surface area contributed by atoms with E-state index in [2.05, 4.69) is 23.8 Å². The molecule has 0 fully saturated rings. The SMILES string of the molecule is C=CCCCCC(=O)OC[C@@H](NC(=O)[C@H](CC=C)CC(=O)N[C@H](CO)Cc1ccc(OCc2ccccc2)cc1)C(C)(C)C. The number of hydrogen-bond donors (Lipinski definition) is 3. The number of aliphatic hydroxyl groups is 1. The maximum absolute atomic E-state index is 13.3. The first-order chi connectivity index (χ1) is 21.0. The van der Waals surface area contributed by atoms with E-state index in [1.54, 1.807) is 6.08 Å². The van der Waals surface area contributed by atoms with Gasteiger partial charge in [0.1, 0.15) is 19.0 Å². The third-order valence-corrected chi connectivity index (χ3v) is 7.31. The van der Waals surface area contributed by atoms with Crippen molar-refractivity contribution in [3.05, 3.63) is 91.0 Å². The Morgan fingerprint density at radius 1 is 0.932 bits per heavy atom. The van der Waals surface area contributed by atoms with Gasteiger partial charge in [0.2, 0.25) is 11.8 Å². The number of esters is 1. The van der Waals surface area contributed by atoms with Crippen LogP contribution in [0.1, 0.15) is 70.4 Å². The molecule has 2 amide bonds. The van der Waals surface area contributed by atoms with E-state index in [1.165, 1.54) is 0 Å². The Bertz CT molecular complexity index is 1170. The largest absolute Gasteiger partial charge is 0.489 e. The van der Waals surface area contributed by atoms with Crippen molar-refractivity contribution >= 4 is 17.8 Å². The van der Waals surface area contributed by atoms with Gasteiger partial charge in [-0.1, -0.05) is 75.4 Å². The molecule has 0 radical (unpaired) electrons. The van der Waals surface area contributed by atoms with Gasteiger partial charge < -0.3 is 25.2 Å². The zero-order valence-electron chi connectivity index (χ0n) is 26.6. The fraction of sp³-hybridized carbons (Fsp3) is 0.472. The molecule has 8 heteroatoms. The van der Waals surface area contributed by atoms with Gasteiger partial charge in [0.25, 0.3) is 0 Å². The normalized spacial score (nSPS) is 13.2. The first-order valence-electron chi connectivity index (χ1n) is 15.4. The molecular weight excluding hydrogens is 556 g/mol. The van der Waals surface area contributed by atoms with Crippen LogP contribution in [0.4, 0.5) is 0 Å². The number of unbranched alkanes of at least 4 members (excludes halogenated alkanes) is 2. The van der Waals surface area contributed by atoms with Crippen LogP contribution < -0.4 is 15.4 Å². The van der Waals surface area contributed by atoms with Crippen LogP contribution in [-0.2, 0) is 32.1 Å². The molecule has 2 aromatic rings. The molecule has 2 aromatic carbocycles. The molecule has 0 heterocycles. The maximum Gasteiger partial charge on any atom is 0.305 e. The second kappa shape index (κ2) is 19.4. The van der Waals surface area contributed by atoms with Crippen molar-refractivity contribution < 1.29 is 29.0 Å². The van der Waals surface area contributed by atoms with Crippen molar-refractivity contribution in [2.45, 2.75) is 84.4 Å². The van der Waals surface area contributed by atoms with E-state index in [9.17, 15) is 19.5 Å². The fourth-order valence-electron chi connectivity index (χ4n) is 4.51. The lowest BCUT2D eigenvalue weighted by molar-refractivity contribution is -0.146. The van der Waals surface area contributed by atoms with Crippen molar-refractivity contribution in [2.75, 3.05) is 13.2 Å². The monoisotopic (exact) mass is 606 g/mol. The second-order valence-corrected chi connectivity index (χ2v) is 12.1. The minimum Gasteiger partial charge on any atom is -0.489 e. The summed E-state index contributed by atoms with van der Waals surface area (Å²) in [5, 5.41) is 15.8. The van der Waals surface area contributed by atoms with Crippen molar-refractivity contribution in [1.29, 1.82) is 0 Å². The summed E-state index contributed by atoms with van der Waals surface area (Å²) < 4.78 is 11.3. The van der Waals surface area contributed by atoms with E-state index in [0.717, 1.165) is 36.1 Å². The van der Waals surface area contributed by atoms with Gasteiger partial charge in [0.05, 0.1) is 24.6 Å². The molecule has 3 atom stereocenters. The molecule has 3 N–H and O–H groups in total. The summed E-state index contributed by atoms with van der Waals surface area (Å²) in [4.78, 5) is 38.5. The van der Waals surface area contributed by atoms with Gasteiger partial charge in [-0.05, 0) is 60.8 Å². The zero-order chi connectivity index (χ0) is 32.4. The summed E-state index contributed by atoms with van der Waals surface area (Å²) in [6, 6.07) is 16.5. The van der Waals surface area contributed by atoms with E-state index in [0.29, 0.717) is 25.9 Å². The van der Waals surface area contributed by atoms with Crippen LogP contribution in [0, 0.1) is 11.3 Å². The Morgan fingerprint density at radius 2 is 1.64 bits per heavy atom. The van der Waals surface area contributed by atoms with Crippen molar-refractivity contribution in [3.8, 4) is 5.75 Å². The van der Waals surface area contributed by atoms with Crippen LogP contribution in [0.5, 0.6) is 5.75 Å². The van der Waals surface area contributed by atoms with Crippen LogP contribution in [-0.4, -0.2) is 48.2 Å². The van der Waals surface area contributed by atoms with E-state index in [1.807, 2.05) is 81.4 Å². The standard InChI is InChI=1S/C36H50N2O6/c1-6-8-9-13-17-34(41)44-26-32(36(3,4)5)38-35(42)29(14-7-2)23-33(40)37-30(24-39)22-27-18-20-31(21-19-27)43-25-28-15-11-10-12-16-28/h6-7,10-12,15-16,18-21,29-30,32,39H,1-2,8-9,13-14,17,22-26H2,3-5H3,(H,37,40)(H,38,42)/t29-,30+,32-/m1/s1. The van der Waals surface area contributed by atoms with Gasteiger partial charge >= 0.3 is 5.97 Å². The van der Waals surface area contributed by atoms with E-state index >= 15 is 0 Å². The summed E-state index contributed by atoms with van der Waals surface area (Å²) in [5.74, 6) is -0.885. The molecule has 0 unspecified atom stereocenters. The molecule has 44 heavy (non-hydrogen) atoms. The van der Waals surface area contributed by atoms with Crippen LogP contribution in [0.3, 0.4) is 0 Å². The molecule has 0 aliphatic heterocycles. The number of allylic oxidation sites excluding steroid dienone is 2. The van der Waals surface area contributed by atoms with Crippen molar-refractivity contribution in [3.63, 3.8) is 0 Å². The maximum atomic E-state index is 13.3. The van der Waals surface area contributed by atoms with Gasteiger partial charge in [-0.15, -0.1) is 13.2 Å². The summed E-state index contributed by atoms with van der Waals surface area (Å²) >= 11 is 0. The predicted octanol–water partition coefficient (Wildman–Crippen LogP) is 5.69. The number of ether oxygens (including phenoxy) is 2. The molecule has 0 saturated carbocycles. The molecule has 0 spiro atoms. The number of benzene rings is 2. The van der Waals surface area contributed by atoms with Gasteiger partial charge in [0.15, 0.2) is 0 Å². The molecule has 8 nitrogen and oxygen atoms in total. The lowest BCUT2D eigenvalue weighted by atomic mass is 9.86. The third-order valence-electron chi connectivity index (χ3n) is 7.31. The number of carbonyl (C=O) groups is 3. The Labute approximate surface area is 262 Å². The highest BCUT2D eigenvalue weighted by molar-refractivity contribution is 5.86. The molecule has 2 rings (SSSR count). The molecule has 240 valence electrons. The lowest BCUT2D eigenvalue weighted by Crippen LogP contribution is -2.50. The fourth-order valence-corrected chi connectivity index (χ4v) is 4.51. The van der Waals surface area contributed by atoms with E-state index < -0.39 is 18.0 Å². The summed E-state index contributed by atoms with van der Waals surface area (Å²) in [6.45, 7) is 13.6. The third kappa shape index (κ3) is 14.0. The molecule has 0 aliphatic rings. The Morgan fingerprint density at radius 3 is 2.25 bits per heavy atom. The molecule has 0 saturated heterocycles. The first-order valence-corrected chi connectivity index (χ1v) is 15.4. The second-order valence-electron chi connectivity index (χ2n) is 12.1. The number of carbonyl (C=O) groups excluding carboxylic acids is 3. The average Bonchev–Trinajstić information content (AvgIpc) is 3.00. The van der Waals surface area contributed by atoms with Crippen LogP contribution in [0.25, 0.3) is 0 Å². The molecule has 0 aromatic heterocycles. The summed E-state index contributed by atoms with van der Waals surface area (Å²) in [5.41, 5.74) is 1.62. The van der Waals surface area contributed by atoms with Gasteiger partial charge in [-0.3, -0.25) is 14.4 Å². The highest BCUT2D eigenvalue weighted by atomic mass is 16.5. The number of aliphatic hydroxyl groups excluding tert-OH is 1. The number of hydrogen-bond acceptors (Lipinski definition) is 6. The average molecular weight is 607 g/mol. The lowest BCUT2D eigenvalue weighted by Gasteiger charge is -2.32. The smallest absolute Gasteiger partial charge is 0.305 e. The van der Waals surface area contributed by atoms with Crippen LogP contribution in [0.2, 0.25) is 0 Å². The summed E-state index contributed by atoms with van der Waals surface area (Å²) in [7, 11) is 0. The van der Waals surface area contributed by atoms with E-state index in [4.69, 9.17) is 9.47 Å². The topological polar surface area (TPSA) is 114 Å². The number of amides is 2. The number of nitrogens with one attached hydrogen (secondary N) is 2. The highest BCUT2D eigenvalue weighted by Crippen LogP contribution is 2.22. The molecule has 0 aliphatic carbocycles. The van der Waals surface area contributed by atoms with Gasteiger partial charge in [0, 0.05) is 12.8 Å². The van der Waals surface area contributed by atoms with Crippen molar-refractivity contribution in [1.82, 2.24) is 10.6 Å². The Hall–Kier alpha value is -3.91. The zero-order valence-corrected chi connectivity index (χ0v) is 26.6. The minimum atomic E-state index is -0.660. The first kappa shape index (κ1) is 36.3. The molecule has 0 bridgehead atoms. The Kier molecular flexibility index (Phi) is 16.0. The van der Waals surface area contributed by atoms with Crippen LogP contribution in [0.15, 0.2) is 79.9 Å². The number of rotatable bonds is 20. The summed E-state index contributed by atoms with van der Waals surface area (Å²) in [6.07, 6.45) is 6.84. The highest BCUT2D eigenvalue weighted by Gasteiger charge is 2.31. The predicted molar refractivity (Wildman–Crippen MR) is 174 cm³/mol. The molecular formula is C36H50N2O6. The van der Waals surface area contributed by atoms with Crippen LogP contribution >= 0.6 is 0 Å². The minimum absolute atomic E-state index is 0.0468. The van der Waals surface area contributed by atoms with Gasteiger partial charge in [-0.25, -0.2) is 0 Å². The Balaban J connectivity index is 1.90. The van der Waals surface area contributed by atoms with Gasteiger partial charge in [-0.2, -0.15) is 0 Å². The van der Waals surface area contributed by atoms with Crippen molar-refractivity contribution in [2.24, 2.45) is 11.3 Å². The van der Waals surface area contributed by atoms with E-state index in [-0.39, 0.29) is 42.8 Å². The quantitative estimate of drug-likeness (QED) is 0.101.